The number of carbonyl (C=O) groups excluding carboxylic acids is 1. The number of benzene rings is 1. The number of ketones is 1. The van der Waals surface area contributed by atoms with Gasteiger partial charge < -0.3 is 0 Å². The van der Waals surface area contributed by atoms with Gasteiger partial charge in [0.25, 0.3) is 0 Å². The van der Waals surface area contributed by atoms with Crippen LogP contribution in [-0.2, 0) is 4.79 Å². The Morgan fingerprint density at radius 2 is 2.00 bits per heavy atom. The zero-order valence-electron chi connectivity index (χ0n) is 8.27. The fraction of sp³-hybridized carbons (Fsp3) is 0.0833. The molecular weight excluding hydrogens is 224 g/mol. The molecule has 0 saturated carbocycles. The highest BCUT2D eigenvalue weighted by molar-refractivity contribution is 8.80. The summed E-state index contributed by atoms with van der Waals surface area (Å²) in [5, 5.41) is 2.09. The molecule has 0 amide bonds. The van der Waals surface area contributed by atoms with E-state index in [9.17, 15) is 4.79 Å². The second-order valence-corrected chi connectivity index (χ2v) is 5.31. The van der Waals surface area contributed by atoms with Gasteiger partial charge in [0.2, 0.25) is 0 Å². The zero-order valence-corrected chi connectivity index (χ0v) is 9.90. The molecule has 1 aliphatic heterocycles. The van der Waals surface area contributed by atoms with E-state index in [1.807, 2.05) is 18.2 Å². The number of carbonyl (C=O) groups is 1. The normalized spacial score (nSPS) is 17.9. The van der Waals surface area contributed by atoms with Crippen molar-refractivity contribution in [3.8, 4) is 0 Å². The molecule has 0 saturated heterocycles. The predicted octanol–water partition coefficient (Wildman–Crippen LogP) is 3.90. The largest absolute Gasteiger partial charge is 0.295 e. The van der Waals surface area contributed by atoms with E-state index in [2.05, 4.69) is 17.5 Å². The zero-order chi connectivity index (χ0) is 10.7. The van der Waals surface area contributed by atoms with E-state index >= 15 is 0 Å². The first-order chi connectivity index (χ1) is 7.27. The third-order valence-electron chi connectivity index (χ3n) is 1.99. The topological polar surface area (TPSA) is 17.1 Å². The third kappa shape index (κ3) is 2.55. The van der Waals surface area contributed by atoms with Gasteiger partial charge in [0, 0.05) is 10.5 Å². The lowest BCUT2D eigenvalue weighted by atomic mass is 10.1. The van der Waals surface area contributed by atoms with Crippen molar-refractivity contribution in [2.45, 2.75) is 6.92 Å². The van der Waals surface area contributed by atoms with Crippen LogP contribution in [0.2, 0.25) is 0 Å². The fourth-order valence-electron chi connectivity index (χ4n) is 1.34. The van der Waals surface area contributed by atoms with Crippen molar-refractivity contribution in [3.05, 3.63) is 52.3 Å². The van der Waals surface area contributed by atoms with Crippen LogP contribution in [-0.4, -0.2) is 5.78 Å². The van der Waals surface area contributed by atoms with Crippen molar-refractivity contribution in [3.63, 3.8) is 0 Å². The first-order valence-electron chi connectivity index (χ1n) is 4.59. The quantitative estimate of drug-likeness (QED) is 0.570. The van der Waals surface area contributed by atoms with Gasteiger partial charge in [-0.25, -0.2) is 0 Å². The van der Waals surface area contributed by atoms with E-state index < -0.39 is 0 Å². The maximum atomic E-state index is 11.1. The second kappa shape index (κ2) is 4.73. The van der Waals surface area contributed by atoms with Crippen molar-refractivity contribution in [1.29, 1.82) is 0 Å². The minimum atomic E-state index is 0.0989. The summed E-state index contributed by atoms with van der Waals surface area (Å²) < 4.78 is 0. The Hall–Kier alpha value is -0.930. The van der Waals surface area contributed by atoms with Gasteiger partial charge in [-0.15, -0.1) is 0 Å². The number of hydrogen-bond acceptors (Lipinski definition) is 3. The van der Waals surface area contributed by atoms with Crippen molar-refractivity contribution >= 4 is 32.9 Å². The van der Waals surface area contributed by atoms with Crippen molar-refractivity contribution in [2.24, 2.45) is 0 Å². The highest BCUT2D eigenvalue weighted by Gasteiger charge is 2.15. The Kier molecular flexibility index (Phi) is 3.34. The summed E-state index contributed by atoms with van der Waals surface area (Å²) in [5.74, 6) is 0.0989. The first-order valence-corrected chi connectivity index (χ1v) is 6.80. The monoisotopic (exact) mass is 234 g/mol. The molecule has 2 rings (SSSR count). The van der Waals surface area contributed by atoms with E-state index in [1.54, 1.807) is 34.6 Å². The molecule has 0 N–H and O–H groups in total. The molecule has 0 spiro atoms. The first kappa shape index (κ1) is 10.6. The Morgan fingerprint density at radius 1 is 1.27 bits per heavy atom. The summed E-state index contributed by atoms with van der Waals surface area (Å²) >= 11 is 0. The van der Waals surface area contributed by atoms with E-state index in [0.29, 0.717) is 0 Å². The summed E-state index contributed by atoms with van der Waals surface area (Å²) in [5.41, 5.74) is 2.32. The highest BCUT2D eigenvalue weighted by Crippen LogP contribution is 2.47. The molecule has 1 nitrogen and oxygen atoms in total. The molecule has 0 atom stereocenters. The summed E-state index contributed by atoms with van der Waals surface area (Å²) in [7, 11) is 3.30. The molecule has 0 unspecified atom stereocenters. The van der Waals surface area contributed by atoms with Crippen LogP contribution in [0.3, 0.4) is 0 Å². The summed E-state index contributed by atoms with van der Waals surface area (Å²) in [4.78, 5) is 12.1. The van der Waals surface area contributed by atoms with E-state index in [-0.39, 0.29) is 5.78 Å². The molecule has 0 aliphatic carbocycles. The van der Waals surface area contributed by atoms with E-state index in [0.717, 1.165) is 10.5 Å². The molecule has 0 aromatic heterocycles. The van der Waals surface area contributed by atoms with Crippen LogP contribution >= 0.6 is 21.6 Å². The van der Waals surface area contributed by atoms with Gasteiger partial charge in [-0.3, -0.25) is 4.79 Å². The van der Waals surface area contributed by atoms with Crippen molar-refractivity contribution in [2.75, 3.05) is 0 Å². The van der Waals surface area contributed by atoms with Crippen molar-refractivity contribution in [1.82, 2.24) is 0 Å². The summed E-state index contributed by atoms with van der Waals surface area (Å²) in [6.45, 7) is 1.58. The lowest BCUT2D eigenvalue weighted by Gasteiger charge is -2.02. The second-order valence-electron chi connectivity index (χ2n) is 3.20. The van der Waals surface area contributed by atoms with Crippen LogP contribution in [0.1, 0.15) is 12.5 Å². The summed E-state index contributed by atoms with van der Waals surface area (Å²) in [6.07, 6.45) is 1.70. The Morgan fingerprint density at radius 3 is 2.67 bits per heavy atom. The molecule has 1 aromatic rings. The Labute approximate surface area is 97.0 Å². The minimum absolute atomic E-state index is 0.0989. The van der Waals surface area contributed by atoms with Crippen LogP contribution < -0.4 is 0 Å². The minimum Gasteiger partial charge on any atom is -0.295 e. The average molecular weight is 234 g/mol. The fourth-order valence-corrected chi connectivity index (χ4v) is 3.57. The van der Waals surface area contributed by atoms with Gasteiger partial charge in [0.05, 0.1) is 0 Å². The van der Waals surface area contributed by atoms with Gasteiger partial charge >= 0.3 is 0 Å². The van der Waals surface area contributed by atoms with E-state index in [4.69, 9.17) is 0 Å². The van der Waals surface area contributed by atoms with Crippen LogP contribution in [0.4, 0.5) is 0 Å². The smallest absolute Gasteiger partial charge is 0.153 e. The lowest BCUT2D eigenvalue weighted by Crippen LogP contribution is -1.87. The van der Waals surface area contributed by atoms with Gasteiger partial charge in [0.1, 0.15) is 0 Å². The molecule has 0 bridgehead atoms. The number of allylic oxidation sites excluding steroid dienone is 2. The van der Waals surface area contributed by atoms with Crippen LogP contribution in [0, 0.1) is 0 Å². The molecule has 0 fully saturated rings. The van der Waals surface area contributed by atoms with Crippen LogP contribution in [0.5, 0.6) is 0 Å². The molecule has 1 aliphatic rings. The third-order valence-corrected chi connectivity index (χ3v) is 4.05. The van der Waals surface area contributed by atoms with Gasteiger partial charge in [-0.05, 0) is 24.0 Å². The van der Waals surface area contributed by atoms with E-state index in [1.165, 1.54) is 5.56 Å². The Balaban J connectivity index is 2.34. The van der Waals surface area contributed by atoms with Crippen LogP contribution in [0.25, 0.3) is 5.57 Å². The van der Waals surface area contributed by atoms with Gasteiger partial charge in [-0.1, -0.05) is 51.9 Å². The molecule has 3 heteroatoms. The predicted molar refractivity (Wildman–Crippen MR) is 68.4 cm³/mol. The Bertz CT molecular complexity index is 432. The molecule has 15 heavy (non-hydrogen) atoms. The maximum Gasteiger partial charge on any atom is 0.153 e. The SMILES string of the molecule is CC(=O)/C=C1/SSC=C1c1ccccc1. The molecule has 1 heterocycles. The number of rotatable bonds is 2. The van der Waals surface area contributed by atoms with Gasteiger partial charge in [0.15, 0.2) is 5.78 Å². The summed E-state index contributed by atoms with van der Waals surface area (Å²) in [6, 6.07) is 10.1. The van der Waals surface area contributed by atoms with Crippen molar-refractivity contribution < 1.29 is 4.79 Å². The average Bonchev–Trinajstić information content (AvgIpc) is 2.66. The molecule has 76 valence electrons. The standard InChI is InChI=1S/C12H10OS2/c1-9(13)7-12-11(8-14-15-12)10-5-3-2-4-6-10/h2-8H,1H3/b12-7+. The van der Waals surface area contributed by atoms with Gasteiger partial charge in [-0.2, -0.15) is 0 Å². The maximum absolute atomic E-state index is 11.1. The highest BCUT2D eigenvalue weighted by atomic mass is 33.1. The molecule has 1 aromatic carbocycles. The molecular formula is C12H10OS2. The number of hydrogen-bond donors (Lipinski definition) is 0. The van der Waals surface area contributed by atoms with Crippen LogP contribution in [0.15, 0.2) is 46.7 Å². The lowest BCUT2D eigenvalue weighted by molar-refractivity contribution is -0.112. The molecule has 0 radical (unpaired) electrons.